The van der Waals surface area contributed by atoms with Crippen molar-refractivity contribution in [3.8, 4) is 11.8 Å². The van der Waals surface area contributed by atoms with Gasteiger partial charge in [-0.2, -0.15) is 13.2 Å². The fourth-order valence-electron chi connectivity index (χ4n) is 1.80. The number of carbonyl (C=O) groups excluding carboxylic acids is 1. The van der Waals surface area contributed by atoms with E-state index >= 15 is 0 Å². The van der Waals surface area contributed by atoms with Gasteiger partial charge in [0.2, 0.25) is 5.91 Å². The summed E-state index contributed by atoms with van der Waals surface area (Å²) in [5.41, 5.74) is 1.97. The number of carbonyl (C=O) groups is 1. The van der Waals surface area contributed by atoms with Crippen molar-refractivity contribution >= 4 is 11.6 Å². The molecule has 0 aromatic heterocycles. The molecule has 0 bridgehead atoms. The molecule has 0 saturated heterocycles. The molecular formula is C18H14F3NO2. The van der Waals surface area contributed by atoms with E-state index < -0.39 is 25.3 Å². The number of benzene rings is 2. The lowest BCUT2D eigenvalue weighted by molar-refractivity contribution is -0.174. The molecule has 0 aliphatic heterocycles. The van der Waals surface area contributed by atoms with Crippen LogP contribution in [0.1, 0.15) is 11.1 Å². The molecule has 0 atom stereocenters. The molecule has 2 aromatic rings. The Bertz CT molecular complexity index is 746. The zero-order valence-electron chi connectivity index (χ0n) is 12.6. The van der Waals surface area contributed by atoms with Crippen LogP contribution < -0.4 is 5.32 Å². The van der Waals surface area contributed by atoms with Gasteiger partial charge in [-0.1, -0.05) is 36.1 Å². The Labute approximate surface area is 137 Å². The maximum atomic E-state index is 11.9. The highest BCUT2D eigenvalue weighted by Crippen LogP contribution is 2.14. The van der Waals surface area contributed by atoms with Crippen LogP contribution in [0, 0.1) is 11.8 Å². The molecule has 2 aromatic carbocycles. The molecule has 1 amide bonds. The maximum Gasteiger partial charge on any atom is 0.411 e. The molecule has 0 unspecified atom stereocenters. The van der Waals surface area contributed by atoms with Crippen LogP contribution in [0.4, 0.5) is 18.9 Å². The zero-order chi connectivity index (χ0) is 17.4. The Morgan fingerprint density at radius 1 is 1.00 bits per heavy atom. The fraction of sp³-hybridized carbons (Fsp3) is 0.167. The minimum absolute atomic E-state index is 0.440. The molecule has 6 heteroatoms. The highest BCUT2D eigenvalue weighted by atomic mass is 19.4. The summed E-state index contributed by atoms with van der Waals surface area (Å²) < 4.78 is 40.1. The van der Waals surface area contributed by atoms with Crippen LogP contribution >= 0.6 is 0 Å². The second kappa shape index (κ2) is 8.18. The van der Waals surface area contributed by atoms with Crippen LogP contribution in [0.15, 0.2) is 54.6 Å². The van der Waals surface area contributed by atoms with E-state index in [-0.39, 0.29) is 0 Å². The summed E-state index contributed by atoms with van der Waals surface area (Å²) >= 11 is 0. The SMILES string of the molecule is O=C(COCC(F)(F)F)Nc1cccc(C#Cc2ccccc2)c1. The summed E-state index contributed by atoms with van der Waals surface area (Å²) in [5, 5.41) is 2.47. The van der Waals surface area contributed by atoms with E-state index in [1.165, 1.54) is 0 Å². The van der Waals surface area contributed by atoms with Gasteiger partial charge in [0, 0.05) is 16.8 Å². The second-order valence-corrected chi connectivity index (χ2v) is 4.85. The maximum absolute atomic E-state index is 11.9. The molecule has 24 heavy (non-hydrogen) atoms. The Morgan fingerprint density at radius 3 is 2.38 bits per heavy atom. The van der Waals surface area contributed by atoms with E-state index in [0.717, 1.165) is 5.56 Å². The van der Waals surface area contributed by atoms with Crippen molar-refractivity contribution in [1.29, 1.82) is 0 Å². The van der Waals surface area contributed by atoms with Crippen LogP contribution in [0.2, 0.25) is 0 Å². The monoisotopic (exact) mass is 333 g/mol. The molecule has 0 heterocycles. The van der Waals surface area contributed by atoms with Crippen molar-refractivity contribution in [3.05, 3.63) is 65.7 Å². The van der Waals surface area contributed by atoms with E-state index in [1.807, 2.05) is 30.3 Å². The number of anilines is 1. The molecule has 0 saturated carbocycles. The molecule has 3 nitrogen and oxygen atoms in total. The lowest BCUT2D eigenvalue weighted by atomic mass is 10.1. The van der Waals surface area contributed by atoms with Crippen LogP contribution in [0.3, 0.4) is 0 Å². The normalized spacial score (nSPS) is 10.6. The molecule has 124 valence electrons. The van der Waals surface area contributed by atoms with E-state index in [2.05, 4.69) is 21.9 Å². The number of ether oxygens (including phenoxy) is 1. The average molecular weight is 333 g/mol. The highest BCUT2D eigenvalue weighted by Gasteiger charge is 2.27. The fourth-order valence-corrected chi connectivity index (χ4v) is 1.80. The predicted octanol–water partition coefficient (Wildman–Crippen LogP) is 3.60. The van der Waals surface area contributed by atoms with Gasteiger partial charge in [-0.25, -0.2) is 0 Å². The van der Waals surface area contributed by atoms with Crippen LogP contribution in [-0.2, 0) is 9.53 Å². The Hall–Kier alpha value is -2.78. The number of halogens is 3. The standard InChI is InChI=1S/C18H14F3NO2/c19-18(20,21)13-24-12-17(23)22-16-8-4-7-15(11-16)10-9-14-5-2-1-3-6-14/h1-8,11H,12-13H2,(H,22,23). The third kappa shape index (κ3) is 6.55. The van der Waals surface area contributed by atoms with Crippen molar-refractivity contribution < 1.29 is 22.7 Å². The number of alkyl halides is 3. The van der Waals surface area contributed by atoms with Gasteiger partial charge in [-0.05, 0) is 30.3 Å². The molecule has 1 N–H and O–H groups in total. The van der Waals surface area contributed by atoms with E-state index in [1.54, 1.807) is 24.3 Å². The summed E-state index contributed by atoms with van der Waals surface area (Å²) in [5.74, 6) is 5.28. The smallest absolute Gasteiger partial charge is 0.362 e. The van der Waals surface area contributed by atoms with Gasteiger partial charge in [0.1, 0.15) is 13.2 Å². The van der Waals surface area contributed by atoms with Gasteiger partial charge in [-0.15, -0.1) is 0 Å². The van der Waals surface area contributed by atoms with Crippen molar-refractivity contribution in [3.63, 3.8) is 0 Å². The van der Waals surface area contributed by atoms with Crippen molar-refractivity contribution in [2.24, 2.45) is 0 Å². The molecule has 0 aliphatic rings. The third-order valence-electron chi connectivity index (χ3n) is 2.77. The number of rotatable bonds is 4. The lowest BCUT2D eigenvalue weighted by Gasteiger charge is -2.08. The first-order chi connectivity index (χ1) is 11.4. The van der Waals surface area contributed by atoms with E-state index in [0.29, 0.717) is 11.3 Å². The Kier molecular flexibility index (Phi) is 5.99. The van der Waals surface area contributed by atoms with Gasteiger partial charge < -0.3 is 10.1 Å². The minimum Gasteiger partial charge on any atom is -0.362 e. The first kappa shape index (κ1) is 17.6. The quantitative estimate of drug-likeness (QED) is 0.868. The Morgan fingerprint density at radius 2 is 1.67 bits per heavy atom. The number of nitrogens with one attached hydrogen (secondary N) is 1. The predicted molar refractivity (Wildman–Crippen MR) is 84.4 cm³/mol. The summed E-state index contributed by atoms with van der Waals surface area (Å²) in [4.78, 5) is 11.5. The molecular weight excluding hydrogens is 319 g/mol. The molecule has 0 aliphatic carbocycles. The summed E-state index contributed by atoms with van der Waals surface area (Å²) in [7, 11) is 0. The minimum atomic E-state index is -4.45. The first-order valence-corrected chi connectivity index (χ1v) is 7.04. The van der Waals surface area contributed by atoms with E-state index in [4.69, 9.17) is 0 Å². The third-order valence-corrected chi connectivity index (χ3v) is 2.77. The molecule has 0 radical (unpaired) electrons. The number of hydrogen-bond acceptors (Lipinski definition) is 2. The van der Waals surface area contributed by atoms with Gasteiger partial charge >= 0.3 is 6.18 Å². The average Bonchev–Trinajstić information content (AvgIpc) is 2.53. The summed E-state index contributed by atoms with van der Waals surface area (Å²) in [6.45, 7) is -2.12. The topological polar surface area (TPSA) is 38.3 Å². The van der Waals surface area contributed by atoms with Crippen molar-refractivity contribution in [1.82, 2.24) is 0 Å². The van der Waals surface area contributed by atoms with Gasteiger partial charge in [0.05, 0.1) is 0 Å². The Balaban J connectivity index is 1.93. The number of hydrogen-bond donors (Lipinski definition) is 1. The van der Waals surface area contributed by atoms with Crippen LogP contribution in [0.25, 0.3) is 0 Å². The number of amides is 1. The largest absolute Gasteiger partial charge is 0.411 e. The summed E-state index contributed by atoms with van der Waals surface area (Å²) in [6.07, 6.45) is -4.45. The lowest BCUT2D eigenvalue weighted by Crippen LogP contribution is -2.23. The van der Waals surface area contributed by atoms with Gasteiger partial charge in [0.15, 0.2) is 0 Å². The van der Waals surface area contributed by atoms with Crippen molar-refractivity contribution in [2.75, 3.05) is 18.5 Å². The first-order valence-electron chi connectivity index (χ1n) is 7.04. The van der Waals surface area contributed by atoms with Gasteiger partial charge in [0.25, 0.3) is 0 Å². The molecule has 0 fully saturated rings. The molecule has 0 spiro atoms. The van der Waals surface area contributed by atoms with Crippen LogP contribution in [-0.4, -0.2) is 25.3 Å². The highest BCUT2D eigenvalue weighted by molar-refractivity contribution is 5.91. The van der Waals surface area contributed by atoms with Crippen molar-refractivity contribution in [2.45, 2.75) is 6.18 Å². The van der Waals surface area contributed by atoms with Crippen LogP contribution in [0.5, 0.6) is 0 Å². The zero-order valence-corrected chi connectivity index (χ0v) is 12.6. The second-order valence-electron chi connectivity index (χ2n) is 4.85. The summed E-state index contributed by atoms with van der Waals surface area (Å²) in [6, 6.07) is 16.1. The van der Waals surface area contributed by atoms with Gasteiger partial charge in [-0.3, -0.25) is 4.79 Å². The van der Waals surface area contributed by atoms with E-state index in [9.17, 15) is 18.0 Å². The molecule has 2 rings (SSSR count).